The number of guanidine groups is 1. The van der Waals surface area contributed by atoms with E-state index in [9.17, 15) is 4.79 Å². The highest BCUT2D eigenvalue weighted by atomic mass is 127. The Hall–Kier alpha value is -1.68. The molecule has 1 amide bonds. The predicted octanol–water partition coefficient (Wildman–Crippen LogP) is 3.56. The quantitative estimate of drug-likeness (QED) is 0.365. The molecule has 1 saturated heterocycles. The van der Waals surface area contributed by atoms with Crippen LogP contribution in [0.2, 0.25) is 0 Å². The van der Waals surface area contributed by atoms with Crippen molar-refractivity contribution < 1.29 is 4.79 Å². The molecule has 1 fully saturated rings. The van der Waals surface area contributed by atoms with Gasteiger partial charge in [-0.1, -0.05) is 12.1 Å². The zero-order valence-corrected chi connectivity index (χ0v) is 19.5. The monoisotopic (exact) mass is 513 g/mol. The van der Waals surface area contributed by atoms with E-state index < -0.39 is 0 Å². The Balaban J connectivity index is 0.00000280. The molecule has 1 aromatic heterocycles. The Bertz CT molecular complexity index is 784. The zero-order valence-electron chi connectivity index (χ0n) is 16.4. The molecular formula is C20H28IN5OS. The van der Waals surface area contributed by atoms with Crippen molar-refractivity contribution >= 4 is 47.2 Å². The summed E-state index contributed by atoms with van der Waals surface area (Å²) in [6, 6.07) is 7.84. The van der Waals surface area contributed by atoms with Crippen LogP contribution in [-0.4, -0.2) is 41.9 Å². The first kappa shape index (κ1) is 22.6. The van der Waals surface area contributed by atoms with Crippen molar-refractivity contribution in [3.05, 3.63) is 51.5 Å². The van der Waals surface area contributed by atoms with Crippen LogP contribution in [0.3, 0.4) is 0 Å². The summed E-state index contributed by atoms with van der Waals surface area (Å²) < 4.78 is 0. The Morgan fingerprint density at radius 3 is 2.43 bits per heavy atom. The number of aryl methyl sites for hydroxylation is 1. The van der Waals surface area contributed by atoms with Crippen molar-refractivity contribution in [1.82, 2.24) is 20.5 Å². The molecule has 152 valence electrons. The molecule has 2 N–H and O–H groups in total. The molecule has 0 atom stereocenters. The number of rotatable bonds is 5. The number of carbonyl (C=O) groups is 1. The van der Waals surface area contributed by atoms with Gasteiger partial charge in [-0.05, 0) is 43.9 Å². The summed E-state index contributed by atoms with van der Waals surface area (Å²) in [5.41, 5.74) is 1.88. The highest BCUT2D eigenvalue weighted by Gasteiger charge is 2.17. The maximum atomic E-state index is 12.5. The largest absolute Gasteiger partial charge is 0.352 e. The van der Waals surface area contributed by atoms with E-state index >= 15 is 0 Å². The Labute approximate surface area is 187 Å². The lowest BCUT2D eigenvalue weighted by atomic mass is 10.1. The molecule has 0 saturated carbocycles. The number of hydrogen-bond acceptors (Lipinski definition) is 4. The lowest BCUT2D eigenvalue weighted by Gasteiger charge is -2.26. The van der Waals surface area contributed by atoms with E-state index in [1.54, 1.807) is 18.4 Å². The van der Waals surface area contributed by atoms with Gasteiger partial charge in [-0.3, -0.25) is 9.79 Å². The number of likely N-dealkylation sites (tertiary alicyclic amines) is 1. The molecule has 0 aliphatic carbocycles. The van der Waals surface area contributed by atoms with Crippen LogP contribution < -0.4 is 10.6 Å². The summed E-state index contributed by atoms with van der Waals surface area (Å²) in [7, 11) is 1.75. The minimum absolute atomic E-state index is 0. The number of aliphatic imine (C=N–C) groups is 1. The van der Waals surface area contributed by atoms with Gasteiger partial charge in [-0.15, -0.1) is 35.3 Å². The van der Waals surface area contributed by atoms with Gasteiger partial charge in [0.15, 0.2) is 5.96 Å². The number of carbonyl (C=O) groups excluding carboxylic acids is 1. The molecule has 0 unspecified atom stereocenters. The third-order valence-electron chi connectivity index (χ3n) is 4.60. The first-order chi connectivity index (χ1) is 13.2. The lowest BCUT2D eigenvalue weighted by molar-refractivity contribution is 0.0724. The molecular weight excluding hydrogens is 485 g/mol. The summed E-state index contributed by atoms with van der Waals surface area (Å²) in [4.78, 5) is 24.3. The predicted molar refractivity (Wildman–Crippen MR) is 126 cm³/mol. The third kappa shape index (κ3) is 6.44. The number of amides is 1. The lowest BCUT2D eigenvalue weighted by Crippen LogP contribution is -2.36. The molecule has 2 aromatic rings. The van der Waals surface area contributed by atoms with E-state index in [0.717, 1.165) is 48.0 Å². The number of piperidine rings is 1. The van der Waals surface area contributed by atoms with E-state index in [2.05, 4.69) is 20.6 Å². The number of hydrogen-bond donors (Lipinski definition) is 2. The van der Waals surface area contributed by atoms with Crippen molar-refractivity contribution in [2.45, 2.75) is 39.3 Å². The molecule has 6 nitrogen and oxygen atoms in total. The minimum Gasteiger partial charge on any atom is -0.352 e. The molecule has 0 bridgehead atoms. The standard InChI is InChI=1S/C20H27N5OS.HI/c1-15-12-22-18(27-15)14-24-20(21-2)23-13-16-6-8-17(9-7-16)19(26)25-10-4-3-5-11-25;/h6-9,12H,3-5,10-11,13-14H2,1-2H3,(H2,21,23,24);1H. The van der Waals surface area contributed by atoms with Crippen molar-refractivity contribution in [3.8, 4) is 0 Å². The topological polar surface area (TPSA) is 69.6 Å². The average Bonchev–Trinajstić information content (AvgIpc) is 3.14. The number of benzene rings is 1. The number of nitrogens with one attached hydrogen (secondary N) is 2. The molecule has 2 heterocycles. The smallest absolute Gasteiger partial charge is 0.253 e. The summed E-state index contributed by atoms with van der Waals surface area (Å²) in [6.45, 7) is 5.11. The summed E-state index contributed by atoms with van der Waals surface area (Å²) in [5.74, 6) is 0.877. The van der Waals surface area contributed by atoms with E-state index in [-0.39, 0.29) is 29.9 Å². The molecule has 0 spiro atoms. The molecule has 0 radical (unpaired) electrons. The van der Waals surface area contributed by atoms with Gasteiger partial charge >= 0.3 is 0 Å². The third-order valence-corrected chi connectivity index (χ3v) is 5.52. The summed E-state index contributed by atoms with van der Waals surface area (Å²) >= 11 is 1.68. The first-order valence-electron chi connectivity index (χ1n) is 9.40. The maximum absolute atomic E-state index is 12.5. The SMILES string of the molecule is CN=C(NCc1ccc(C(=O)N2CCCCC2)cc1)NCc1ncc(C)s1.I. The van der Waals surface area contributed by atoms with Gasteiger partial charge in [0.05, 0.1) is 6.54 Å². The van der Waals surface area contributed by atoms with Crippen LogP contribution >= 0.6 is 35.3 Å². The summed E-state index contributed by atoms with van der Waals surface area (Å²) in [5, 5.41) is 7.60. The van der Waals surface area contributed by atoms with Gasteiger partial charge in [0.2, 0.25) is 0 Å². The van der Waals surface area contributed by atoms with Gasteiger partial charge < -0.3 is 15.5 Å². The molecule has 1 aliphatic rings. The fourth-order valence-electron chi connectivity index (χ4n) is 3.09. The normalized spacial score (nSPS) is 14.4. The van der Waals surface area contributed by atoms with Crippen LogP contribution in [0, 0.1) is 6.92 Å². The van der Waals surface area contributed by atoms with E-state index in [1.165, 1.54) is 11.3 Å². The molecule has 3 rings (SSSR count). The fraction of sp³-hybridized carbons (Fsp3) is 0.450. The number of thiazole rings is 1. The molecule has 28 heavy (non-hydrogen) atoms. The number of nitrogens with zero attached hydrogens (tertiary/aromatic N) is 3. The Morgan fingerprint density at radius 2 is 1.82 bits per heavy atom. The number of aromatic nitrogens is 1. The van der Waals surface area contributed by atoms with Crippen LogP contribution in [0.5, 0.6) is 0 Å². The molecule has 1 aromatic carbocycles. The van der Waals surface area contributed by atoms with Gasteiger partial charge in [0.25, 0.3) is 5.91 Å². The second-order valence-electron chi connectivity index (χ2n) is 6.69. The fourth-order valence-corrected chi connectivity index (χ4v) is 3.82. The minimum atomic E-state index is 0. The van der Waals surface area contributed by atoms with Crippen LogP contribution in [0.25, 0.3) is 0 Å². The van der Waals surface area contributed by atoms with E-state index in [1.807, 2.05) is 42.3 Å². The van der Waals surface area contributed by atoms with E-state index in [0.29, 0.717) is 13.1 Å². The summed E-state index contributed by atoms with van der Waals surface area (Å²) in [6.07, 6.45) is 5.33. The van der Waals surface area contributed by atoms with Crippen LogP contribution in [0.15, 0.2) is 35.5 Å². The number of halogens is 1. The first-order valence-corrected chi connectivity index (χ1v) is 10.2. The molecule has 8 heteroatoms. The van der Waals surface area contributed by atoms with E-state index in [4.69, 9.17) is 0 Å². The van der Waals surface area contributed by atoms with Gasteiger partial charge in [-0.2, -0.15) is 0 Å². The van der Waals surface area contributed by atoms with Crippen molar-refractivity contribution in [1.29, 1.82) is 0 Å². The maximum Gasteiger partial charge on any atom is 0.253 e. The van der Waals surface area contributed by atoms with Gasteiger partial charge in [0.1, 0.15) is 5.01 Å². The van der Waals surface area contributed by atoms with Crippen LogP contribution in [0.1, 0.15) is 45.1 Å². The molecule has 1 aliphatic heterocycles. The Morgan fingerprint density at radius 1 is 1.14 bits per heavy atom. The van der Waals surface area contributed by atoms with Crippen molar-refractivity contribution in [2.75, 3.05) is 20.1 Å². The van der Waals surface area contributed by atoms with Gasteiger partial charge in [-0.25, -0.2) is 4.98 Å². The second-order valence-corrected chi connectivity index (χ2v) is 8.01. The Kier molecular flexibility index (Phi) is 9.17. The highest BCUT2D eigenvalue weighted by molar-refractivity contribution is 14.0. The average molecular weight is 513 g/mol. The van der Waals surface area contributed by atoms with Crippen molar-refractivity contribution in [3.63, 3.8) is 0 Å². The van der Waals surface area contributed by atoms with Crippen molar-refractivity contribution in [2.24, 2.45) is 4.99 Å². The van der Waals surface area contributed by atoms with Crippen LogP contribution in [-0.2, 0) is 13.1 Å². The highest BCUT2D eigenvalue weighted by Crippen LogP contribution is 2.14. The zero-order chi connectivity index (χ0) is 19.1. The van der Waals surface area contributed by atoms with Crippen LogP contribution in [0.4, 0.5) is 0 Å². The second kappa shape index (κ2) is 11.4. The van der Waals surface area contributed by atoms with Gasteiger partial charge in [0, 0.05) is 43.3 Å².